The normalized spacial score (nSPS) is 23.1. The van der Waals surface area contributed by atoms with Crippen molar-refractivity contribution in [3.63, 3.8) is 0 Å². The van der Waals surface area contributed by atoms with Gasteiger partial charge in [0.05, 0.1) is 5.92 Å². The van der Waals surface area contributed by atoms with Crippen LogP contribution < -0.4 is 0 Å². The molecular weight excluding hydrogens is 214 g/mol. The molecule has 0 spiro atoms. The Labute approximate surface area is 100 Å². The molecule has 0 N–H and O–H groups in total. The predicted octanol–water partition coefficient (Wildman–Crippen LogP) is 2.56. The molecule has 1 aromatic carbocycles. The zero-order valence-corrected chi connectivity index (χ0v) is 9.81. The highest BCUT2D eigenvalue weighted by atomic mass is 16.5. The third kappa shape index (κ3) is 1.94. The third-order valence-corrected chi connectivity index (χ3v) is 2.96. The summed E-state index contributed by atoms with van der Waals surface area (Å²) in [7, 11) is 0. The molecule has 2 atom stereocenters. The molecule has 1 heterocycles. The van der Waals surface area contributed by atoms with Crippen LogP contribution in [0.4, 0.5) is 0 Å². The van der Waals surface area contributed by atoms with Crippen LogP contribution in [-0.2, 0) is 9.53 Å². The van der Waals surface area contributed by atoms with Gasteiger partial charge in [-0.25, -0.2) is 0 Å². The molecule has 0 unspecified atom stereocenters. The monoisotopic (exact) mass is 227 g/mol. The zero-order valence-electron chi connectivity index (χ0n) is 9.81. The van der Waals surface area contributed by atoms with E-state index in [9.17, 15) is 4.79 Å². The maximum absolute atomic E-state index is 11.7. The fourth-order valence-electron chi connectivity index (χ4n) is 2.26. The highest BCUT2D eigenvalue weighted by molar-refractivity contribution is 5.96. The van der Waals surface area contributed by atoms with E-state index in [2.05, 4.69) is 6.07 Å². The Bertz CT molecular complexity index is 511. The molecule has 86 valence electrons. The Morgan fingerprint density at radius 1 is 1.35 bits per heavy atom. The first-order valence-corrected chi connectivity index (χ1v) is 5.48. The van der Waals surface area contributed by atoms with E-state index in [1.165, 1.54) is 6.92 Å². The third-order valence-electron chi connectivity index (χ3n) is 2.96. The number of carbonyl (C=O) groups is 1. The minimum Gasteiger partial charge on any atom is -0.479 e. The second kappa shape index (κ2) is 4.42. The number of nitrogens with zero attached hydrogens (tertiary/aromatic N) is 1. The van der Waals surface area contributed by atoms with Crippen molar-refractivity contribution in [3.8, 4) is 6.07 Å². The molecule has 1 aliphatic rings. The van der Waals surface area contributed by atoms with Gasteiger partial charge >= 0.3 is 0 Å². The average Bonchev–Trinajstić information content (AvgIpc) is 2.67. The van der Waals surface area contributed by atoms with E-state index in [1.54, 1.807) is 6.92 Å². The van der Waals surface area contributed by atoms with E-state index in [0.29, 0.717) is 11.3 Å². The van der Waals surface area contributed by atoms with Crippen LogP contribution in [0.25, 0.3) is 0 Å². The number of allylic oxidation sites excluding steroid dienone is 1. The second-order valence-corrected chi connectivity index (χ2v) is 4.08. The van der Waals surface area contributed by atoms with E-state index < -0.39 is 6.10 Å². The lowest BCUT2D eigenvalue weighted by Gasteiger charge is -2.14. The number of nitriles is 1. The summed E-state index contributed by atoms with van der Waals surface area (Å²) in [6.45, 7) is 3.25. The molecule has 0 aliphatic carbocycles. The van der Waals surface area contributed by atoms with Gasteiger partial charge in [0.2, 0.25) is 0 Å². The molecule has 2 rings (SSSR count). The van der Waals surface area contributed by atoms with Gasteiger partial charge in [0.25, 0.3) is 0 Å². The van der Waals surface area contributed by atoms with Crippen molar-refractivity contribution in [1.29, 1.82) is 5.26 Å². The number of rotatable bonds is 2. The molecule has 0 bridgehead atoms. The molecule has 0 saturated carbocycles. The lowest BCUT2D eigenvalue weighted by Crippen LogP contribution is -2.17. The van der Waals surface area contributed by atoms with Gasteiger partial charge in [-0.2, -0.15) is 5.26 Å². The minimum atomic E-state index is -0.601. The number of benzene rings is 1. The Kier molecular flexibility index (Phi) is 2.97. The van der Waals surface area contributed by atoms with Crippen molar-refractivity contribution in [2.75, 3.05) is 0 Å². The van der Waals surface area contributed by atoms with E-state index >= 15 is 0 Å². The summed E-state index contributed by atoms with van der Waals surface area (Å²) in [5, 5.41) is 9.10. The summed E-state index contributed by atoms with van der Waals surface area (Å²) in [6, 6.07) is 11.6. The largest absolute Gasteiger partial charge is 0.479 e. The molecule has 1 aromatic rings. The van der Waals surface area contributed by atoms with Crippen molar-refractivity contribution in [3.05, 3.63) is 47.2 Å². The van der Waals surface area contributed by atoms with Crippen LogP contribution in [0.2, 0.25) is 0 Å². The Morgan fingerprint density at radius 2 is 2.00 bits per heavy atom. The van der Waals surface area contributed by atoms with Crippen LogP contribution in [0.1, 0.15) is 25.3 Å². The number of ketones is 1. The van der Waals surface area contributed by atoms with E-state index in [4.69, 9.17) is 10.00 Å². The SMILES string of the molecule is CC(=O)C1=C(C)O[C@H](C#N)[C@@H]1c1ccccc1. The fraction of sp³-hybridized carbons (Fsp3) is 0.286. The van der Waals surface area contributed by atoms with Crippen LogP contribution in [0.15, 0.2) is 41.7 Å². The molecule has 17 heavy (non-hydrogen) atoms. The molecule has 0 amide bonds. The summed E-state index contributed by atoms with van der Waals surface area (Å²) >= 11 is 0. The van der Waals surface area contributed by atoms with E-state index in [1.807, 2.05) is 30.3 Å². The van der Waals surface area contributed by atoms with Gasteiger partial charge in [0.15, 0.2) is 11.9 Å². The Morgan fingerprint density at radius 3 is 2.53 bits per heavy atom. The molecule has 3 nitrogen and oxygen atoms in total. The molecule has 0 aromatic heterocycles. The van der Waals surface area contributed by atoms with E-state index in [0.717, 1.165) is 5.56 Å². The lowest BCUT2D eigenvalue weighted by molar-refractivity contribution is -0.113. The average molecular weight is 227 g/mol. The van der Waals surface area contributed by atoms with Crippen LogP contribution in [0, 0.1) is 11.3 Å². The van der Waals surface area contributed by atoms with Gasteiger partial charge < -0.3 is 4.74 Å². The number of hydrogen-bond donors (Lipinski definition) is 0. The Hall–Kier alpha value is -2.08. The van der Waals surface area contributed by atoms with Crippen molar-refractivity contribution in [1.82, 2.24) is 0 Å². The summed E-state index contributed by atoms with van der Waals surface area (Å²) in [4.78, 5) is 11.7. The standard InChI is InChI=1S/C14H13NO2/c1-9(16)13-10(2)17-12(8-15)14(13)11-6-4-3-5-7-11/h3-7,12,14H,1-2H3/t12-,14+/m1/s1. The van der Waals surface area contributed by atoms with Crippen LogP contribution in [0.5, 0.6) is 0 Å². The van der Waals surface area contributed by atoms with Gasteiger partial charge in [0, 0.05) is 5.57 Å². The lowest BCUT2D eigenvalue weighted by atomic mass is 9.86. The molecule has 0 radical (unpaired) electrons. The number of hydrogen-bond acceptors (Lipinski definition) is 3. The highest BCUT2D eigenvalue weighted by Gasteiger charge is 2.38. The second-order valence-electron chi connectivity index (χ2n) is 4.08. The topological polar surface area (TPSA) is 50.1 Å². The summed E-state index contributed by atoms with van der Waals surface area (Å²) in [5.41, 5.74) is 1.56. The summed E-state index contributed by atoms with van der Waals surface area (Å²) in [5.74, 6) is 0.269. The molecule has 3 heteroatoms. The van der Waals surface area contributed by atoms with Crippen LogP contribution in [0.3, 0.4) is 0 Å². The predicted molar refractivity (Wildman–Crippen MR) is 63.1 cm³/mol. The van der Waals surface area contributed by atoms with Crippen molar-refractivity contribution < 1.29 is 9.53 Å². The highest BCUT2D eigenvalue weighted by Crippen LogP contribution is 2.38. The first-order valence-electron chi connectivity index (χ1n) is 5.48. The zero-order chi connectivity index (χ0) is 12.4. The van der Waals surface area contributed by atoms with Gasteiger partial charge in [-0.1, -0.05) is 30.3 Å². The van der Waals surface area contributed by atoms with Crippen molar-refractivity contribution >= 4 is 5.78 Å². The van der Waals surface area contributed by atoms with Gasteiger partial charge in [0.1, 0.15) is 11.8 Å². The first-order chi connectivity index (χ1) is 8.15. The number of Topliss-reactive ketones (excluding diaryl/α,β-unsaturated/α-hetero) is 1. The smallest absolute Gasteiger partial charge is 0.195 e. The van der Waals surface area contributed by atoms with Crippen LogP contribution >= 0.6 is 0 Å². The van der Waals surface area contributed by atoms with Gasteiger partial charge in [-0.3, -0.25) is 4.79 Å². The van der Waals surface area contributed by atoms with Crippen molar-refractivity contribution in [2.24, 2.45) is 0 Å². The maximum Gasteiger partial charge on any atom is 0.195 e. The number of ether oxygens (including phenoxy) is 1. The molecule has 0 fully saturated rings. The van der Waals surface area contributed by atoms with Crippen LogP contribution in [-0.4, -0.2) is 11.9 Å². The maximum atomic E-state index is 11.7. The molecule has 0 saturated heterocycles. The quantitative estimate of drug-likeness (QED) is 0.780. The summed E-state index contributed by atoms with van der Waals surface area (Å²) < 4.78 is 5.45. The molecular formula is C14H13NO2. The Balaban J connectivity index is 2.49. The minimum absolute atomic E-state index is 0.0332. The number of carbonyl (C=O) groups excluding carboxylic acids is 1. The van der Waals surface area contributed by atoms with Crippen molar-refractivity contribution in [2.45, 2.75) is 25.9 Å². The fourth-order valence-corrected chi connectivity index (χ4v) is 2.26. The van der Waals surface area contributed by atoms with Gasteiger partial charge in [-0.05, 0) is 19.4 Å². The van der Waals surface area contributed by atoms with E-state index in [-0.39, 0.29) is 11.7 Å². The van der Waals surface area contributed by atoms with Gasteiger partial charge in [-0.15, -0.1) is 0 Å². The summed E-state index contributed by atoms with van der Waals surface area (Å²) in [6.07, 6.45) is -0.601. The first kappa shape index (κ1) is 11.4. The molecule has 1 aliphatic heterocycles.